The fourth-order valence-electron chi connectivity index (χ4n) is 5.35. The summed E-state index contributed by atoms with van der Waals surface area (Å²) in [5, 5.41) is 0. The number of benzene rings is 1. The molecule has 2 saturated carbocycles. The van der Waals surface area contributed by atoms with Crippen LogP contribution in [0.4, 0.5) is 0 Å². The highest BCUT2D eigenvalue weighted by atomic mass is 16.5. The maximum absolute atomic E-state index is 13.3. The van der Waals surface area contributed by atoms with Crippen LogP contribution in [-0.2, 0) is 9.53 Å². The first-order valence-electron chi connectivity index (χ1n) is 11.5. The Hall–Kier alpha value is -1.88. The highest BCUT2D eigenvalue weighted by Gasteiger charge is 2.47. The standard InChI is InChI=1S/C24H32N2O3/c27-22(18-7-4-8-18)25-14-12-24(13-15-25)17-21(11-16-29-24)26(20-9-10-20)23(28)19-5-2-1-3-6-19/h1-3,5-6,18,20-21H,4,7-17H2. The Morgan fingerprint density at radius 2 is 1.69 bits per heavy atom. The molecule has 2 saturated heterocycles. The van der Waals surface area contributed by atoms with Gasteiger partial charge < -0.3 is 14.5 Å². The summed E-state index contributed by atoms with van der Waals surface area (Å²) in [5.41, 5.74) is 0.629. The van der Waals surface area contributed by atoms with Crippen LogP contribution in [0.5, 0.6) is 0 Å². The average Bonchev–Trinajstić information content (AvgIpc) is 3.53. The van der Waals surface area contributed by atoms with Crippen LogP contribution >= 0.6 is 0 Å². The van der Waals surface area contributed by atoms with Crippen LogP contribution in [0.25, 0.3) is 0 Å². The molecule has 0 aromatic heterocycles. The Kier molecular flexibility index (Phi) is 5.10. The lowest BCUT2D eigenvalue weighted by atomic mass is 9.80. The summed E-state index contributed by atoms with van der Waals surface area (Å²) in [6, 6.07) is 10.3. The van der Waals surface area contributed by atoms with Crippen molar-refractivity contribution in [3.63, 3.8) is 0 Å². The second kappa shape index (κ2) is 7.75. The molecule has 5 nitrogen and oxygen atoms in total. The molecule has 2 heterocycles. The monoisotopic (exact) mass is 396 g/mol. The first kappa shape index (κ1) is 19.1. The number of nitrogens with zero attached hydrogens (tertiary/aromatic N) is 2. The Morgan fingerprint density at radius 1 is 0.966 bits per heavy atom. The molecule has 1 unspecified atom stereocenters. The average molecular weight is 397 g/mol. The zero-order valence-electron chi connectivity index (χ0n) is 17.2. The minimum Gasteiger partial charge on any atom is -0.375 e. The number of rotatable bonds is 4. The highest BCUT2D eigenvalue weighted by molar-refractivity contribution is 5.94. The molecule has 2 amide bonds. The van der Waals surface area contributed by atoms with E-state index in [0.717, 1.165) is 70.0 Å². The van der Waals surface area contributed by atoms with Crippen molar-refractivity contribution in [1.82, 2.24) is 9.80 Å². The lowest BCUT2D eigenvalue weighted by molar-refractivity contribution is -0.152. The van der Waals surface area contributed by atoms with E-state index in [1.165, 1.54) is 6.42 Å². The minimum absolute atomic E-state index is 0.163. The lowest BCUT2D eigenvalue weighted by Crippen LogP contribution is -2.56. The summed E-state index contributed by atoms with van der Waals surface area (Å²) < 4.78 is 6.33. The van der Waals surface area contributed by atoms with Gasteiger partial charge in [0.15, 0.2) is 0 Å². The van der Waals surface area contributed by atoms with Crippen molar-refractivity contribution in [3.05, 3.63) is 35.9 Å². The quantitative estimate of drug-likeness (QED) is 0.781. The zero-order valence-corrected chi connectivity index (χ0v) is 17.2. The van der Waals surface area contributed by atoms with Crippen LogP contribution in [0.3, 0.4) is 0 Å². The number of piperidine rings is 1. The lowest BCUT2D eigenvalue weighted by Gasteiger charge is -2.49. The van der Waals surface area contributed by atoms with E-state index >= 15 is 0 Å². The van der Waals surface area contributed by atoms with Gasteiger partial charge in [0.05, 0.1) is 5.60 Å². The normalized spacial score (nSPS) is 26.8. The molecule has 1 aromatic carbocycles. The molecule has 4 aliphatic rings. The number of carbonyl (C=O) groups excluding carboxylic acids is 2. The van der Waals surface area contributed by atoms with Crippen molar-refractivity contribution in [3.8, 4) is 0 Å². The second-order valence-electron chi connectivity index (χ2n) is 9.44. The number of ether oxygens (including phenoxy) is 1. The van der Waals surface area contributed by atoms with Gasteiger partial charge in [-0.1, -0.05) is 24.6 Å². The summed E-state index contributed by atoms with van der Waals surface area (Å²) in [4.78, 5) is 30.1. The summed E-state index contributed by atoms with van der Waals surface area (Å²) in [5.74, 6) is 0.808. The number of hydrogen-bond donors (Lipinski definition) is 0. The van der Waals surface area contributed by atoms with Crippen molar-refractivity contribution < 1.29 is 14.3 Å². The zero-order chi connectivity index (χ0) is 19.8. The van der Waals surface area contributed by atoms with Crippen molar-refractivity contribution >= 4 is 11.8 Å². The summed E-state index contributed by atoms with van der Waals surface area (Å²) in [6.07, 6.45) is 9.20. The molecule has 29 heavy (non-hydrogen) atoms. The number of likely N-dealkylation sites (tertiary alicyclic amines) is 1. The van der Waals surface area contributed by atoms with E-state index < -0.39 is 0 Å². The van der Waals surface area contributed by atoms with Gasteiger partial charge in [-0.15, -0.1) is 0 Å². The molecule has 1 spiro atoms. The molecular formula is C24H32N2O3. The van der Waals surface area contributed by atoms with Crippen LogP contribution in [0.15, 0.2) is 30.3 Å². The molecule has 5 heteroatoms. The molecule has 1 aromatic rings. The Labute approximate surface area is 173 Å². The number of carbonyl (C=O) groups is 2. The topological polar surface area (TPSA) is 49.9 Å². The molecule has 5 rings (SSSR count). The van der Waals surface area contributed by atoms with E-state index in [1.54, 1.807) is 0 Å². The predicted octanol–water partition coefficient (Wildman–Crippen LogP) is 3.63. The van der Waals surface area contributed by atoms with Crippen LogP contribution in [0, 0.1) is 5.92 Å². The molecule has 4 fully saturated rings. The van der Waals surface area contributed by atoms with Gasteiger partial charge >= 0.3 is 0 Å². The maximum atomic E-state index is 13.3. The molecule has 2 aliphatic heterocycles. The van der Waals surface area contributed by atoms with Crippen molar-refractivity contribution in [1.29, 1.82) is 0 Å². The van der Waals surface area contributed by atoms with Crippen molar-refractivity contribution in [2.24, 2.45) is 5.92 Å². The SMILES string of the molecule is O=C(C1CCC1)N1CCC2(CC1)CC(N(C(=O)c1ccccc1)C1CC1)CCO2. The van der Waals surface area contributed by atoms with Gasteiger partial charge in [0.2, 0.25) is 5.91 Å². The van der Waals surface area contributed by atoms with E-state index in [4.69, 9.17) is 4.74 Å². The van der Waals surface area contributed by atoms with Gasteiger partial charge in [0.1, 0.15) is 0 Å². The fourth-order valence-corrected chi connectivity index (χ4v) is 5.35. The third-order valence-electron chi connectivity index (χ3n) is 7.50. The van der Waals surface area contributed by atoms with Crippen LogP contribution < -0.4 is 0 Å². The molecule has 1 atom stereocenters. The van der Waals surface area contributed by atoms with Gasteiger partial charge in [-0.05, 0) is 63.5 Å². The Balaban J connectivity index is 1.26. The molecule has 156 valence electrons. The first-order chi connectivity index (χ1) is 14.2. The largest absolute Gasteiger partial charge is 0.375 e. The van der Waals surface area contributed by atoms with Crippen molar-refractivity contribution in [2.75, 3.05) is 19.7 Å². The maximum Gasteiger partial charge on any atom is 0.254 e. The number of hydrogen-bond acceptors (Lipinski definition) is 3. The molecular weight excluding hydrogens is 364 g/mol. The third kappa shape index (κ3) is 3.81. The number of amides is 2. The van der Waals surface area contributed by atoms with E-state index in [2.05, 4.69) is 9.80 Å². The van der Waals surface area contributed by atoms with Crippen LogP contribution in [-0.4, -0.2) is 59.0 Å². The second-order valence-corrected chi connectivity index (χ2v) is 9.44. The predicted molar refractivity (Wildman–Crippen MR) is 110 cm³/mol. The smallest absolute Gasteiger partial charge is 0.254 e. The molecule has 0 N–H and O–H groups in total. The van der Waals surface area contributed by atoms with Gasteiger partial charge in [0.25, 0.3) is 5.91 Å². The first-order valence-corrected chi connectivity index (χ1v) is 11.5. The van der Waals surface area contributed by atoms with E-state index in [1.807, 2.05) is 30.3 Å². The summed E-state index contributed by atoms with van der Waals surface area (Å²) in [7, 11) is 0. The van der Waals surface area contributed by atoms with Crippen LogP contribution in [0.2, 0.25) is 0 Å². The molecule has 0 radical (unpaired) electrons. The van der Waals surface area contributed by atoms with E-state index in [0.29, 0.717) is 18.6 Å². The van der Waals surface area contributed by atoms with E-state index in [-0.39, 0.29) is 23.5 Å². The minimum atomic E-state index is -0.163. The molecule has 2 aliphatic carbocycles. The highest BCUT2D eigenvalue weighted by Crippen LogP contribution is 2.41. The van der Waals surface area contributed by atoms with Crippen molar-refractivity contribution in [2.45, 2.75) is 75.5 Å². The summed E-state index contributed by atoms with van der Waals surface area (Å²) in [6.45, 7) is 2.32. The van der Waals surface area contributed by atoms with Gasteiger partial charge in [-0.2, -0.15) is 0 Å². The Morgan fingerprint density at radius 3 is 2.31 bits per heavy atom. The van der Waals surface area contributed by atoms with Gasteiger partial charge in [-0.3, -0.25) is 9.59 Å². The fraction of sp³-hybridized carbons (Fsp3) is 0.667. The van der Waals surface area contributed by atoms with E-state index in [9.17, 15) is 9.59 Å². The third-order valence-corrected chi connectivity index (χ3v) is 7.50. The molecule has 0 bridgehead atoms. The van der Waals surface area contributed by atoms with Gasteiger partial charge in [-0.25, -0.2) is 0 Å². The summed E-state index contributed by atoms with van der Waals surface area (Å²) >= 11 is 0. The Bertz CT molecular complexity index is 749. The van der Waals surface area contributed by atoms with Gasteiger partial charge in [0, 0.05) is 43.3 Å². The van der Waals surface area contributed by atoms with Crippen LogP contribution in [0.1, 0.15) is 68.1 Å².